The molecule has 0 bridgehead atoms. The fourth-order valence-corrected chi connectivity index (χ4v) is 1.84. The van der Waals surface area contributed by atoms with Crippen molar-refractivity contribution < 1.29 is 4.79 Å². The number of halogens is 1. The maximum atomic E-state index is 10.8. The first kappa shape index (κ1) is 8.57. The van der Waals surface area contributed by atoms with Crippen LogP contribution in [0.5, 0.6) is 0 Å². The summed E-state index contributed by atoms with van der Waals surface area (Å²) < 4.78 is 0. The Morgan fingerprint density at radius 2 is 2.38 bits per heavy atom. The van der Waals surface area contributed by atoms with Crippen molar-refractivity contribution in [2.75, 3.05) is 11.9 Å². The standard InChI is InChI=1S/C10H10ClNO/c11-8-1-2-10-9(5-8)7(6-13)3-4-12-10/h1-2,5-7,12H,3-4H2. The molecule has 1 aromatic rings. The molecule has 0 saturated carbocycles. The summed E-state index contributed by atoms with van der Waals surface area (Å²) in [4.78, 5) is 10.8. The van der Waals surface area contributed by atoms with Crippen molar-refractivity contribution in [3.8, 4) is 0 Å². The largest absolute Gasteiger partial charge is 0.385 e. The molecule has 1 unspecified atom stereocenters. The molecule has 0 amide bonds. The lowest BCUT2D eigenvalue weighted by Gasteiger charge is -2.22. The molecule has 1 N–H and O–H groups in total. The summed E-state index contributed by atoms with van der Waals surface area (Å²) in [5.41, 5.74) is 2.06. The highest BCUT2D eigenvalue weighted by Gasteiger charge is 2.18. The Balaban J connectivity index is 2.47. The van der Waals surface area contributed by atoms with Crippen LogP contribution in [0.3, 0.4) is 0 Å². The molecule has 2 nitrogen and oxygen atoms in total. The molecule has 1 heterocycles. The van der Waals surface area contributed by atoms with Gasteiger partial charge in [-0.3, -0.25) is 0 Å². The van der Waals surface area contributed by atoms with Gasteiger partial charge in [-0.15, -0.1) is 0 Å². The zero-order chi connectivity index (χ0) is 9.26. The molecule has 1 aromatic carbocycles. The first-order valence-electron chi connectivity index (χ1n) is 4.30. The highest BCUT2D eigenvalue weighted by Crippen LogP contribution is 2.31. The number of anilines is 1. The molecule has 0 saturated heterocycles. The highest BCUT2D eigenvalue weighted by atomic mass is 35.5. The van der Waals surface area contributed by atoms with Crippen molar-refractivity contribution in [1.82, 2.24) is 0 Å². The van der Waals surface area contributed by atoms with Gasteiger partial charge in [0.1, 0.15) is 6.29 Å². The van der Waals surface area contributed by atoms with Crippen LogP contribution >= 0.6 is 11.6 Å². The van der Waals surface area contributed by atoms with Gasteiger partial charge in [0.15, 0.2) is 0 Å². The van der Waals surface area contributed by atoms with Crippen molar-refractivity contribution in [1.29, 1.82) is 0 Å². The predicted octanol–water partition coefficient (Wildman–Crippen LogP) is 2.44. The minimum absolute atomic E-state index is 0.00921. The highest BCUT2D eigenvalue weighted by molar-refractivity contribution is 6.30. The number of hydrogen-bond donors (Lipinski definition) is 1. The second-order valence-electron chi connectivity index (χ2n) is 3.19. The molecular weight excluding hydrogens is 186 g/mol. The predicted molar refractivity (Wildman–Crippen MR) is 53.4 cm³/mol. The molecule has 1 aliphatic heterocycles. The van der Waals surface area contributed by atoms with Crippen LogP contribution in [0.2, 0.25) is 5.02 Å². The van der Waals surface area contributed by atoms with E-state index in [1.54, 1.807) is 0 Å². The Kier molecular flexibility index (Phi) is 2.23. The summed E-state index contributed by atoms with van der Waals surface area (Å²) in [6.45, 7) is 0.859. The van der Waals surface area contributed by atoms with Crippen LogP contribution < -0.4 is 5.32 Å². The van der Waals surface area contributed by atoms with E-state index in [0.717, 1.165) is 30.5 Å². The normalized spacial score (nSPS) is 20.2. The second kappa shape index (κ2) is 3.38. The number of benzene rings is 1. The van der Waals surface area contributed by atoms with E-state index in [1.165, 1.54) is 0 Å². The molecule has 0 fully saturated rings. The van der Waals surface area contributed by atoms with Crippen molar-refractivity contribution in [3.63, 3.8) is 0 Å². The average Bonchev–Trinajstić information content (AvgIpc) is 2.17. The average molecular weight is 196 g/mol. The minimum atomic E-state index is 0.00921. The third-order valence-corrected chi connectivity index (χ3v) is 2.58. The van der Waals surface area contributed by atoms with Crippen LogP contribution in [0.1, 0.15) is 17.9 Å². The molecule has 0 aliphatic carbocycles. The Morgan fingerprint density at radius 3 is 3.15 bits per heavy atom. The van der Waals surface area contributed by atoms with Crippen molar-refractivity contribution in [3.05, 3.63) is 28.8 Å². The van der Waals surface area contributed by atoms with E-state index in [1.807, 2.05) is 18.2 Å². The number of nitrogens with one attached hydrogen (secondary N) is 1. The fraction of sp³-hybridized carbons (Fsp3) is 0.300. The monoisotopic (exact) mass is 195 g/mol. The van der Waals surface area contributed by atoms with Crippen LogP contribution in [0, 0.1) is 0 Å². The van der Waals surface area contributed by atoms with Gasteiger partial charge in [-0.05, 0) is 30.2 Å². The molecule has 0 spiro atoms. The maximum absolute atomic E-state index is 10.8. The number of rotatable bonds is 1. The van der Waals surface area contributed by atoms with Gasteiger partial charge >= 0.3 is 0 Å². The van der Waals surface area contributed by atoms with Crippen molar-refractivity contribution in [2.45, 2.75) is 12.3 Å². The first-order chi connectivity index (χ1) is 6.31. The van der Waals surface area contributed by atoms with E-state index in [2.05, 4.69) is 5.32 Å². The zero-order valence-corrected chi connectivity index (χ0v) is 7.84. The lowest BCUT2D eigenvalue weighted by Crippen LogP contribution is -2.17. The number of carbonyl (C=O) groups is 1. The molecule has 1 atom stereocenters. The maximum Gasteiger partial charge on any atom is 0.127 e. The van der Waals surface area contributed by atoms with Crippen molar-refractivity contribution >= 4 is 23.6 Å². The fourth-order valence-electron chi connectivity index (χ4n) is 1.66. The van der Waals surface area contributed by atoms with E-state index < -0.39 is 0 Å². The van der Waals surface area contributed by atoms with Gasteiger partial charge in [-0.1, -0.05) is 11.6 Å². The summed E-state index contributed by atoms with van der Waals surface area (Å²) in [5.74, 6) is 0.00921. The van der Waals surface area contributed by atoms with Gasteiger partial charge in [0, 0.05) is 23.2 Å². The summed E-state index contributed by atoms with van der Waals surface area (Å²) >= 11 is 5.86. The van der Waals surface area contributed by atoms with Crippen LogP contribution in [0.15, 0.2) is 18.2 Å². The van der Waals surface area contributed by atoms with Gasteiger partial charge < -0.3 is 10.1 Å². The molecule has 1 aliphatic rings. The summed E-state index contributed by atoms with van der Waals surface area (Å²) in [6.07, 6.45) is 1.85. The van der Waals surface area contributed by atoms with Crippen LogP contribution in [0.4, 0.5) is 5.69 Å². The van der Waals surface area contributed by atoms with Crippen LogP contribution in [-0.4, -0.2) is 12.8 Å². The number of fused-ring (bicyclic) bond motifs is 1. The summed E-state index contributed by atoms with van der Waals surface area (Å²) in [7, 11) is 0. The smallest absolute Gasteiger partial charge is 0.127 e. The van der Waals surface area contributed by atoms with E-state index >= 15 is 0 Å². The number of aldehydes is 1. The van der Waals surface area contributed by atoms with E-state index in [-0.39, 0.29) is 5.92 Å². The molecule has 0 radical (unpaired) electrons. The lowest BCUT2D eigenvalue weighted by atomic mass is 9.92. The minimum Gasteiger partial charge on any atom is -0.385 e. The molecule has 13 heavy (non-hydrogen) atoms. The quantitative estimate of drug-likeness (QED) is 0.698. The molecule has 0 aromatic heterocycles. The van der Waals surface area contributed by atoms with Gasteiger partial charge in [-0.2, -0.15) is 0 Å². The first-order valence-corrected chi connectivity index (χ1v) is 4.67. The third kappa shape index (κ3) is 1.54. The van der Waals surface area contributed by atoms with E-state index in [0.29, 0.717) is 5.02 Å². The summed E-state index contributed by atoms with van der Waals surface area (Å²) in [5, 5.41) is 3.93. The van der Waals surface area contributed by atoms with E-state index in [4.69, 9.17) is 11.6 Å². The zero-order valence-electron chi connectivity index (χ0n) is 7.09. The van der Waals surface area contributed by atoms with Crippen LogP contribution in [-0.2, 0) is 4.79 Å². The molecule has 68 valence electrons. The summed E-state index contributed by atoms with van der Waals surface area (Å²) in [6, 6.07) is 5.62. The van der Waals surface area contributed by atoms with Crippen molar-refractivity contribution in [2.24, 2.45) is 0 Å². The van der Waals surface area contributed by atoms with Gasteiger partial charge in [0.2, 0.25) is 0 Å². The Bertz CT molecular complexity index is 338. The molecular formula is C10H10ClNO. The number of carbonyl (C=O) groups excluding carboxylic acids is 1. The lowest BCUT2D eigenvalue weighted by molar-refractivity contribution is -0.109. The van der Waals surface area contributed by atoms with Gasteiger partial charge in [0.25, 0.3) is 0 Å². The third-order valence-electron chi connectivity index (χ3n) is 2.35. The van der Waals surface area contributed by atoms with E-state index in [9.17, 15) is 4.79 Å². The second-order valence-corrected chi connectivity index (χ2v) is 3.63. The van der Waals surface area contributed by atoms with Gasteiger partial charge in [0.05, 0.1) is 0 Å². The Morgan fingerprint density at radius 1 is 1.54 bits per heavy atom. The SMILES string of the molecule is O=CC1CCNc2ccc(Cl)cc21. The number of hydrogen-bond acceptors (Lipinski definition) is 2. The van der Waals surface area contributed by atoms with Gasteiger partial charge in [-0.25, -0.2) is 0 Å². The Labute approximate surface area is 81.9 Å². The molecule has 2 rings (SSSR count). The Hall–Kier alpha value is -1.02. The van der Waals surface area contributed by atoms with Crippen LogP contribution in [0.25, 0.3) is 0 Å². The topological polar surface area (TPSA) is 29.1 Å². The molecule has 3 heteroatoms.